The number of nitrogens with one attached hydrogen (secondary N) is 1. The Morgan fingerprint density at radius 3 is 2.60 bits per heavy atom. The number of carbonyl (C=O) groups excluding carboxylic acids is 1. The Hall–Kier alpha value is -3.95. The van der Waals surface area contributed by atoms with Crippen LogP contribution in [0.3, 0.4) is 0 Å². The topological polar surface area (TPSA) is 75.9 Å². The number of rotatable bonds is 5. The van der Waals surface area contributed by atoms with Gasteiger partial charge in [0.05, 0.1) is 17.2 Å². The molecule has 0 aliphatic carbocycles. The van der Waals surface area contributed by atoms with Gasteiger partial charge in [-0.3, -0.25) is 14.5 Å². The predicted octanol–water partition coefficient (Wildman–Crippen LogP) is 4.55. The molecule has 0 bridgehead atoms. The first-order valence-corrected chi connectivity index (χ1v) is 11.4. The number of aromatic nitrogens is 4. The smallest absolute Gasteiger partial charge is 0.275 e. The van der Waals surface area contributed by atoms with E-state index in [9.17, 15) is 18.0 Å². The minimum absolute atomic E-state index is 0.123. The lowest BCUT2D eigenvalue weighted by Crippen LogP contribution is -2.47. The number of benzene rings is 2. The third kappa shape index (κ3) is 4.68. The largest absolute Gasteiger partial charge is 0.367 e. The van der Waals surface area contributed by atoms with Gasteiger partial charge in [0.25, 0.3) is 5.91 Å². The van der Waals surface area contributed by atoms with Crippen LogP contribution in [0.15, 0.2) is 48.8 Å². The number of fused-ring (bicyclic) bond motifs is 1. The minimum Gasteiger partial charge on any atom is -0.367 e. The summed E-state index contributed by atoms with van der Waals surface area (Å²) in [6.07, 6.45) is 5.85. The van der Waals surface area contributed by atoms with Crippen LogP contribution in [0.1, 0.15) is 29.8 Å². The molecule has 1 fully saturated rings. The monoisotopic (exact) mass is 480 g/mol. The molecule has 5 rings (SSSR count). The van der Waals surface area contributed by atoms with Crippen LogP contribution in [0, 0.1) is 17.5 Å². The van der Waals surface area contributed by atoms with E-state index in [0.717, 1.165) is 31.4 Å². The number of hydrogen-bond acceptors (Lipinski definition) is 5. The highest BCUT2D eigenvalue weighted by Gasteiger charge is 2.30. The molecule has 10 heteroatoms. The first-order chi connectivity index (χ1) is 16.9. The van der Waals surface area contributed by atoms with Crippen molar-refractivity contribution in [3.05, 3.63) is 71.9 Å². The van der Waals surface area contributed by atoms with Crippen molar-refractivity contribution < 1.29 is 18.0 Å². The van der Waals surface area contributed by atoms with Crippen LogP contribution >= 0.6 is 0 Å². The minimum atomic E-state index is -0.986. The molecule has 2 aromatic carbocycles. The number of likely N-dealkylation sites (tertiary alicyclic amines) is 1. The first-order valence-electron chi connectivity index (χ1n) is 11.4. The first kappa shape index (κ1) is 22.8. The molecule has 1 atom stereocenters. The van der Waals surface area contributed by atoms with E-state index in [0.29, 0.717) is 35.7 Å². The summed E-state index contributed by atoms with van der Waals surface area (Å²) in [6.45, 7) is 0.993. The van der Waals surface area contributed by atoms with Crippen molar-refractivity contribution in [2.45, 2.75) is 25.3 Å². The second kappa shape index (κ2) is 9.36. The summed E-state index contributed by atoms with van der Waals surface area (Å²) in [6, 6.07) is 7.87. The van der Waals surface area contributed by atoms with E-state index in [1.54, 1.807) is 35.0 Å². The van der Waals surface area contributed by atoms with Crippen molar-refractivity contribution in [1.82, 2.24) is 24.6 Å². The van der Waals surface area contributed by atoms with Gasteiger partial charge < -0.3 is 10.2 Å². The van der Waals surface area contributed by atoms with Gasteiger partial charge >= 0.3 is 0 Å². The Morgan fingerprint density at radius 2 is 1.83 bits per heavy atom. The molecule has 3 heterocycles. The second-order valence-electron chi connectivity index (χ2n) is 8.61. The number of aryl methyl sites for hydroxylation is 1. The van der Waals surface area contributed by atoms with Gasteiger partial charge in [-0.2, -0.15) is 5.10 Å². The Balaban J connectivity index is 1.36. The lowest BCUT2D eigenvalue weighted by molar-refractivity contribution is 0.0622. The van der Waals surface area contributed by atoms with Crippen LogP contribution in [-0.2, 0) is 7.05 Å². The van der Waals surface area contributed by atoms with Crippen molar-refractivity contribution in [1.29, 1.82) is 0 Å². The normalized spacial score (nSPS) is 16.0. The number of halogens is 3. The van der Waals surface area contributed by atoms with Gasteiger partial charge in [-0.05, 0) is 37.0 Å². The molecule has 7 nitrogen and oxygen atoms in total. The molecule has 0 radical (unpaired) electrons. The predicted molar refractivity (Wildman–Crippen MR) is 125 cm³/mol. The summed E-state index contributed by atoms with van der Waals surface area (Å²) >= 11 is 0. The van der Waals surface area contributed by atoms with Gasteiger partial charge in [0.2, 0.25) is 0 Å². The Bertz CT molecular complexity index is 1390. The zero-order valence-electron chi connectivity index (χ0n) is 19.0. The average molecular weight is 480 g/mol. The standard InChI is InChI=1S/C25H23F3N6O/c1-33-14-18(15-5-7-16(26)8-6-15)24(32-33)25(35)34-9-3-2-4-17(34)12-30-23-13-29-21-10-19(27)20(28)11-22(21)31-23/h5-8,10-11,13-14,17H,2-4,9,12H2,1H3,(H,30,31)/t17-/m0/s1. The number of nitrogens with zero attached hydrogens (tertiary/aromatic N) is 5. The van der Waals surface area contributed by atoms with Crippen molar-refractivity contribution in [2.24, 2.45) is 7.05 Å². The Kier molecular flexibility index (Phi) is 6.10. The molecule has 1 aliphatic rings. The molecule has 1 amide bonds. The maximum Gasteiger partial charge on any atom is 0.275 e. The number of piperidine rings is 1. The van der Waals surface area contributed by atoms with Gasteiger partial charge in [-0.1, -0.05) is 12.1 Å². The van der Waals surface area contributed by atoms with Crippen molar-refractivity contribution >= 4 is 22.8 Å². The summed E-state index contributed by atoms with van der Waals surface area (Å²) in [7, 11) is 1.74. The van der Waals surface area contributed by atoms with Crippen LogP contribution in [0.5, 0.6) is 0 Å². The summed E-state index contributed by atoms with van der Waals surface area (Å²) in [4.78, 5) is 23.9. The molecule has 35 heavy (non-hydrogen) atoms. The van der Waals surface area contributed by atoms with Crippen LogP contribution in [0.25, 0.3) is 22.2 Å². The van der Waals surface area contributed by atoms with Gasteiger partial charge in [-0.15, -0.1) is 0 Å². The zero-order valence-corrected chi connectivity index (χ0v) is 19.0. The van der Waals surface area contributed by atoms with Gasteiger partial charge in [0.1, 0.15) is 11.6 Å². The SMILES string of the molecule is Cn1cc(-c2ccc(F)cc2)c(C(=O)N2CCCC[C@H]2CNc2cnc3cc(F)c(F)cc3n2)n1. The molecule has 2 aromatic heterocycles. The molecule has 1 N–H and O–H groups in total. The number of anilines is 1. The molecule has 0 unspecified atom stereocenters. The number of amides is 1. The van der Waals surface area contributed by atoms with E-state index in [-0.39, 0.29) is 28.8 Å². The molecule has 4 aromatic rings. The van der Waals surface area contributed by atoms with E-state index >= 15 is 0 Å². The van der Waals surface area contributed by atoms with E-state index in [4.69, 9.17) is 0 Å². The van der Waals surface area contributed by atoms with Crippen LogP contribution < -0.4 is 5.32 Å². The fourth-order valence-corrected chi connectivity index (χ4v) is 4.42. The number of carbonyl (C=O) groups is 1. The quantitative estimate of drug-likeness (QED) is 0.454. The third-order valence-corrected chi connectivity index (χ3v) is 6.18. The second-order valence-corrected chi connectivity index (χ2v) is 8.61. The summed E-state index contributed by atoms with van der Waals surface area (Å²) in [5.41, 5.74) is 2.17. The fourth-order valence-electron chi connectivity index (χ4n) is 4.42. The average Bonchev–Trinajstić information content (AvgIpc) is 3.25. The lowest BCUT2D eigenvalue weighted by atomic mass is 10.00. The summed E-state index contributed by atoms with van der Waals surface area (Å²) < 4.78 is 42.0. The van der Waals surface area contributed by atoms with Crippen LogP contribution in [-0.4, -0.2) is 49.7 Å². The molecule has 0 spiro atoms. The molecule has 1 saturated heterocycles. The highest BCUT2D eigenvalue weighted by atomic mass is 19.2. The van der Waals surface area contributed by atoms with E-state index < -0.39 is 11.6 Å². The fraction of sp³-hybridized carbons (Fsp3) is 0.280. The highest BCUT2D eigenvalue weighted by Crippen LogP contribution is 2.27. The Labute approximate surface area is 199 Å². The molecular formula is C25H23F3N6O. The van der Waals surface area contributed by atoms with Crippen molar-refractivity contribution in [3.8, 4) is 11.1 Å². The van der Waals surface area contributed by atoms with Gasteiger partial charge in [0, 0.05) is 50.1 Å². The Morgan fingerprint density at radius 1 is 1.09 bits per heavy atom. The van der Waals surface area contributed by atoms with Crippen LogP contribution in [0.4, 0.5) is 19.0 Å². The maximum atomic E-state index is 13.6. The highest BCUT2D eigenvalue weighted by molar-refractivity contribution is 5.99. The maximum absolute atomic E-state index is 13.6. The van der Waals surface area contributed by atoms with Gasteiger partial charge in [0.15, 0.2) is 17.3 Å². The van der Waals surface area contributed by atoms with Gasteiger partial charge in [-0.25, -0.2) is 18.2 Å². The molecule has 0 saturated carbocycles. The molecular weight excluding hydrogens is 457 g/mol. The van der Waals surface area contributed by atoms with E-state index in [1.807, 2.05) is 0 Å². The summed E-state index contributed by atoms with van der Waals surface area (Å²) in [5, 5.41) is 7.59. The third-order valence-electron chi connectivity index (χ3n) is 6.18. The molecule has 1 aliphatic heterocycles. The zero-order chi connectivity index (χ0) is 24.5. The number of hydrogen-bond donors (Lipinski definition) is 1. The lowest BCUT2D eigenvalue weighted by Gasteiger charge is -2.35. The summed E-state index contributed by atoms with van der Waals surface area (Å²) in [5.74, 6) is -2.10. The van der Waals surface area contributed by atoms with E-state index in [1.165, 1.54) is 18.3 Å². The molecule has 180 valence electrons. The van der Waals surface area contributed by atoms with Crippen molar-refractivity contribution in [3.63, 3.8) is 0 Å². The van der Waals surface area contributed by atoms with Crippen molar-refractivity contribution in [2.75, 3.05) is 18.4 Å². The van der Waals surface area contributed by atoms with E-state index in [2.05, 4.69) is 20.4 Å². The van der Waals surface area contributed by atoms with Crippen LogP contribution in [0.2, 0.25) is 0 Å².